The molecule has 0 aromatic heterocycles. The van der Waals surface area contributed by atoms with E-state index in [-0.39, 0.29) is 0 Å². The molecule has 1 fully saturated rings. The van der Waals surface area contributed by atoms with E-state index >= 15 is 0 Å². The normalized spacial score (nSPS) is 22.5. The number of carbonyl (C=O) groups is 1. The van der Waals surface area contributed by atoms with Crippen molar-refractivity contribution < 1.29 is 24.1 Å². The number of hydrogen-bond donors (Lipinski definition) is 1. The standard InChI is InChI=1S/C21H24O5/c1-24-17-12-11-16(14-18(17)25-2)21(23)13-7-6-10-19(21)26-20(22)15-8-4-3-5-9-15/h3-5,8-9,11-12,14,19,23H,6-7,10,13H2,1-2H3/t19-,21-/m0/s1. The summed E-state index contributed by atoms with van der Waals surface area (Å²) in [6, 6.07) is 14.2. The minimum atomic E-state index is -1.25. The van der Waals surface area contributed by atoms with E-state index in [9.17, 15) is 9.90 Å². The highest BCUT2D eigenvalue weighted by atomic mass is 16.6. The van der Waals surface area contributed by atoms with Crippen LogP contribution in [-0.4, -0.2) is 31.4 Å². The van der Waals surface area contributed by atoms with Crippen LogP contribution in [0.3, 0.4) is 0 Å². The first-order valence-electron chi connectivity index (χ1n) is 8.79. The summed E-state index contributed by atoms with van der Waals surface area (Å²) < 4.78 is 16.3. The van der Waals surface area contributed by atoms with Gasteiger partial charge in [0.1, 0.15) is 11.7 Å². The summed E-state index contributed by atoms with van der Waals surface area (Å²) in [4.78, 5) is 12.5. The van der Waals surface area contributed by atoms with Gasteiger partial charge in [0.2, 0.25) is 0 Å². The van der Waals surface area contributed by atoms with Gasteiger partial charge >= 0.3 is 5.97 Å². The van der Waals surface area contributed by atoms with Crippen LogP contribution in [0.25, 0.3) is 0 Å². The Bertz CT molecular complexity index is 758. The number of methoxy groups -OCH3 is 2. The largest absolute Gasteiger partial charge is 0.493 e. The number of aliphatic hydroxyl groups is 1. The van der Waals surface area contributed by atoms with Gasteiger partial charge in [-0.2, -0.15) is 0 Å². The van der Waals surface area contributed by atoms with E-state index in [2.05, 4.69) is 0 Å². The van der Waals surface area contributed by atoms with Gasteiger partial charge in [-0.25, -0.2) is 4.79 Å². The van der Waals surface area contributed by atoms with Gasteiger partial charge in [-0.3, -0.25) is 0 Å². The quantitative estimate of drug-likeness (QED) is 0.828. The number of ether oxygens (including phenoxy) is 3. The van der Waals surface area contributed by atoms with Gasteiger partial charge in [0.15, 0.2) is 11.5 Å². The molecule has 26 heavy (non-hydrogen) atoms. The molecule has 1 saturated carbocycles. The van der Waals surface area contributed by atoms with Crippen molar-refractivity contribution in [2.45, 2.75) is 37.4 Å². The average molecular weight is 356 g/mol. The fourth-order valence-corrected chi connectivity index (χ4v) is 3.49. The zero-order chi connectivity index (χ0) is 18.6. The third-order valence-electron chi connectivity index (χ3n) is 4.95. The average Bonchev–Trinajstić information content (AvgIpc) is 2.69. The van der Waals surface area contributed by atoms with Crippen molar-refractivity contribution in [2.24, 2.45) is 0 Å². The van der Waals surface area contributed by atoms with Crippen LogP contribution in [0.4, 0.5) is 0 Å². The maximum atomic E-state index is 12.5. The fraction of sp³-hybridized carbons (Fsp3) is 0.381. The molecule has 0 amide bonds. The Labute approximate surface area is 153 Å². The first-order chi connectivity index (χ1) is 12.6. The second kappa shape index (κ2) is 7.79. The maximum Gasteiger partial charge on any atom is 0.338 e. The smallest absolute Gasteiger partial charge is 0.338 e. The fourth-order valence-electron chi connectivity index (χ4n) is 3.49. The lowest BCUT2D eigenvalue weighted by Crippen LogP contribution is -2.45. The van der Waals surface area contributed by atoms with Crippen molar-refractivity contribution in [1.29, 1.82) is 0 Å². The second-order valence-electron chi connectivity index (χ2n) is 6.50. The van der Waals surface area contributed by atoms with Crippen LogP contribution < -0.4 is 9.47 Å². The zero-order valence-electron chi connectivity index (χ0n) is 15.1. The van der Waals surface area contributed by atoms with E-state index in [1.54, 1.807) is 56.7 Å². The van der Waals surface area contributed by atoms with Crippen molar-refractivity contribution in [3.05, 3.63) is 59.7 Å². The zero-order valence-corrected chi connectivity index (χ0v) is 15.1. The van der Waals surface area contributed by atoms with Crippen molar-refractivity contribution >= 4 is 5.97 Å². The Morgan fingerprint density at radius 2 is 1.77 bits per heavy atom. The van der Waals surface area contributed by atoms with E-state index in [0.717, 1.165) is 12.8 Å². The predicted octanol–water partition coefficient (Wildman–Crippen LogP) is 3.69. The molecule has 3 rings (SSSR count). The Kier molecular flexibility index (Phi) is 5.47. The van der Waals surface area contributed by atoms with Gasteiger partial charge < -0.3 is 19.3 Å². The number of esters is 1. The van der Waals surface area contributed by atoms with Crippen molar-refractivity contribution in [3.63, 3.8) is 0 Å². The van der Waals surface area contributed by atoms with Crippen LogP contribution in [0, 0.1) is 0 Å². The molecule has 0 aliphatic heterocycles. The lowest BCUT2D eigenvalue weighted by Gasteiger charge is -2.39. The molecule has 0 heterocycles. The van der Waals surface area contributed by atoms with Gasteiger partial charge in [0.25, 0.3) is 0 Å². The lowest BCUT2D eigenvalue weighted by molar-refractivity contribution is -0.113. The van der Waals surface area contributed by atoms with Crippen LogP contribution in [-0.2, 0) is 10.3 Å². The second-order valence-corrected chi connectivity index (χ2v) is 6.50. The van der Waals surface area contributed by atoms with Gasteiger partial charge in [0, 0.05) is 0 Å². The van der Waals surface area contributed by atoms with Crippen LogP contribution >= 0.6 is 0 Å². The molecule has 138 valence electrons. The Morgan fingerprint density at radius 1 is 1.04 bits per heavy atom. The summed E-state index contributed by atoms with van der Waals surface area (Å²) in [7, 11) is 3.12. The Balaban J connectivity index is 1.89. The highest BCUT2D eigenvalue weighted by Crippen LogP contribution is 2.42. The molecule has 0 radical (unpaired) electrons. The number of rotatable bonds is 5. The number of hydrogen-bond acceptors (Lipinski definition) is 5. The van der Waals surface area contributed by atoms with Crippen LogP contribution in [0.2, 0.25) is 0 Å². The lowest BCUT2D eigenvalue weighted by atomic mass is 9.77. The highest BCUT2D eigenvalue weighted by Gasteiger charge is 2.43. The van der Waals surface area contributed by atoms with Gasteiger partial charge in [0.05, 0.1) is 19.8 Å². The van der Waals surface area contributed by atoms with Crippen LogP contribution in [0.5, 0.6) is 11.5 Å². The van der Waals surface area contributed by atoms with E-state index in [4.69, 9.17) is 14.2 Å². The molecule has 1 aliphatic carbocycles. The van der Waals surface area contributed by atoms with Crippen molar-refractivity contribution in [2.75, 3.05) is 14.2 Å². The van der Waals surface area contributed by atoms with E-state index in [1.807, 2.05) is 6.07 Å². The third-order valence-corrected chi connectivity index (χ3v) is 4.95. The van der Waals surface area contributed by atoms with Gasteiger partial charge in [-0.05, 0) is 55.5 Å². The number of benzene rings is 2. The Morgan fingerprint density at radius 3 is 2.46 bits per heavy atom. The molecule has 1 aliphatic rings. The molecule has 5 heteroatoms. The minimum absolute atomic E-state index is 0.420. The molecule has 0 unspecified atom stereocenters. The Hall–Kier alpha value is -2.53. The van der Waals surface area contributed by atoms with E-state index in [1.165, 1.54) is 0 Å². The SMILES string of the molecule is COc1ccc([C@@]2(O)CCCC[C@@H]2OC(=O)c2ccccc2)cc1OC. The molecular formula is C21H24O5. The van der Waals surface area contributed by atoms with Crippen LogP contribution in [0.15, 0.2) is 48.5 Å². The molecule has 0 spiro atoms. The predicted molar refractivity (Wildman–Crippen MR) is 97.6 cm³/mol. The maximum absolute atomic E-state index is 12.5. The molecule has 2 atom stereocenters. The van der Waals surface area contributed by atoms with Gasteiger partial charge in [-0.1, -0.05) is 24.3 Å². The summed E-state index contributed by atoms with van der Waals surface area (Å²) in [6.07, 6.45) is 2.30. The molecule has 0 saturated heterocycles. The van der Waals surface area contributed by atoms with E-state index < -0.39 is 17.7 Å². The molecule has 0 bridgehead atoms. The minimum Gasteiger partial charge on any atom is -0.493 e. The molecule has 2 aromatic rings. The van der Waals surface area contributed by atoms with E-state index in [0.29, 0.717) is 35.5 Å². The van der Waals surface area contributed by atoms with Crippen molar-refractivity contribution in [1.82, 2.24) is 0 Å². The monoisotopic (exact) mass is 356 g/mol. The topological polar surface area (TPSA) is 65.0 Å². The highest BCUT2D eigenvalue weighted by molar-refractivity contribution is 5.89. The molecular weight excluding hydrogens is 332 g/mol. The molecule has 2 aromatic carbocycles. The summed E-state index contributed by atoms with van der Waals surface area (Å²) in [5.41, 5.74) is -0.101. The van der Waals surface area contributed by atoms with Crippen molar-refractivity contribution in [3.8, 4) is 11.5 Å². The summed E-state index contributed by atoms with van der Waals surface area (Å²) in [5, 5.41) is 11.4. The molecule has 5 nitrogen and oxygen atoms in total. The number of carbonyl (C=O) groups excluding carboxylic acids is 1. The summed E-state index contributed by atoms with van der Waals surface area (Å²) in [5.74, 6) is 0.710. The van der Waals surface area contributed by atoms with Crippen LogP contribution in [0.1, 0.15) is 41.6 Å². The first kappa shape index (κ1) is 18.3. The van der Waals surface area contributed by atoms with Gasteiger partial charge in [-0.15, -0.1) is 0 Å². The molecule has 1 N–H and O–H groups in total. The third kappa shape index (κ3) is 3.53. The summed E-state index contributed by atoms with van der Waals surface area (Å²) >= 11 is 0. The first-order valence-corrected chi connectivity index (χ1v) is 8.79. The summed E-state index contributed by atoms with van der Waals surface area (Å²) in [6.45, 7) is 0.